The third-order valence-electron chi connectivity index (χ3n) is 4.79. The maximum Gasteiger partial charge on any atom is 0.329 e. The fourth-order valence-electron chi connectivity index (χ4n) is 3.00. The Morgan fingerprint density at radius 2 is 2.00 bits per heavy atom. The number of aromatic nitrogens is 2. The Balaban J connectivity index is 2.24. The van der Waals surface area contributed by atoms with E-state index in [1.165, 1.54) is 6.20 Å². The minimum atomic E-state index is -0.406. The van der Waals surface area contributed by atoms with E-state index in [0.717, 1.165) is 38.8 Å². The SMILES string of the molecule is CCC1(CC)CCN(c2nc(NC)ncc2[N+](=O)[O-])CC1. The Hall–Kier alpha value is -1.92. The van der Waals surface area contributed by atoms with E-state index in [0.29, 0.717) is 17.2 Å². The maximum absolute atomic E-state index is 11.2. The zero-order valence-electron chi connectivity index (χ0n) is 12.9. The molecule has 0 aliphatic carbocycles. The van der Waals surface area contributed by atoms with Gasteiger partial charge in [0.1, 0.15) is 6.20 Å². The third-order valence-corrected chi connectivity index (χ3v) is 4.79. The lowest BCUT2D eigenvalue weighted by molar-refractivity contribution is -0.384. The molecule has 7 heteroatoms. The zero-order chi connectivity index (χ0) is 15.5. The van der Waals surface area contributed by atoms with E-state index in [1.807, 2.05) is 4.90 Å². The summed E-state index contributed by atoms with van der Waals surface area (Å²) >= 11 is 0. The quantitative estimate of drug-likeness (QED) is 0.664. The molecule has 1 aliphatic heterocycles. The van der Waals surface area contributed by atoms with E-state index in [4.69, 9.17) is 0 Å². The van der Waals surface area contributed by atoms with Gasteiger partial charge in [0.25, 0.3) is 0 Å². The van der Waals surface area contributed by atoms with Gasteiger partial charge in [-0.2, -0.15) is 4.98 Å². The summed E-state index contributed by atoms with van der Waals surface area (Å²) in [6, 6.07) is 0. The number of anilines is 2. The average Bonchev–Trinajstić information content (AvgIpc) is 2.54. The van der Waals surface area contributed by atoms with E-state index in [2.05, 4.69) is 29.1 Å². The number of nitrogens with one attached hydrogen (secondary N) is 1. The third kappa shape index (κ3) is 3.06. The van der Waals surface area contributed by atoms with Crippen LogP contribution in [0.5, 0.6) is 0 Å². The molecule has 1 saturated heterocycles. The fraction of sp³-hybridized carbons (Fsp3) is 0.714. The van der Waals surface area contributed by atoms with Gasteiger partial charge in [-0.05, 0) is 18.3 Å². The first-order chi connectivity index (χ1) is 10.0. The molecule has 2 heterocycles. The largest absolute Gasteiger partial charge is 0.357 e. The smallest absolute Gasteiger partial charge is 0.329 e. The molecule has 0 bridgehead atoms. The number of nitro groups is 1. The van der Waals surface area contributed by atoms with Gasteiger partial charge in [0.05, 0.1) is 4.92 Å². The molecule has 1 aromatic heterocycles. The summed E-state index contributed by atoms with van der Waals surface area (Å²) in [6.07, 6.45) is 5.71. The Morgan fingerprint density at radius 3 is 2.48 bits per heavy atom. The van der Waals surface area contributed by atoms with Crippen molar-refractivity contribution in [1.82, 2.24) is 9.97 Å². The maximum atomic E-state index is 11.2. The number of rotatable bonds is 5. The second-order valence-corrected chi connectivity index (χ2v) is 5.60. The van der Waals surface area contributed by atoms with Crippen LogP contribution in [0, 0.1) is 15.5 Å². The van der Waals surface area contributed by atoms with Gasteiger partial charge in [-0.3, -0.25) is 10.1 Å². The highest BCUT2D eigenvalue weighted by atomic mass is 16.6. The van der Waals surface area contributed by atoms with Crippen LogP contribution >= 0.6 is 0 Å². The molecule has 7 nitrogen and oxygen atoms in total. The summed E-state index contributed by atoms with van der Waals surface area (Å²) in [4.78, 5) is 21.0. The van der Waals surface area contributed by atoms with E-state index >= 15 is 0 Å². The molecule has 1 aliphatic rings. The van der Waals surface area contributed by atoms with Crippen molar-refractivity contribution in [3.05, 3.63) is 16.3 Å². The van der Waals surface area contributed by atoms with Gasteiger partial charge in [0.2, 0.25) is 11.8 Å². The predicted molar refractivity (Wildman–Crippen MR) is 82.7 cm³/mol. The van der Waals surface area contributed by atoms with Gasteiger partial charge in [0, 0.05) is 20.1 Å². The van der Waals surface area contributed by atoms with Crippen LogP contribution in [0.2, 0.25) is 0 Å². The number of nitrogens with zero attached hydrogens (tertiary/aromatic N) is 4. The van der Waals surface area contributed by atoms with Crippen molar-refractivity contribution in [2.75, 3.05) is 30.4 Å². The molecule has 1 N–H and O–H groups in total. The van der Waals surface area contributed by atoms with Crippen molar-refractivity contribution in [3.63, 3.8) is 0 Å². The number of piperidine rings is 1. The first-order valence-electron chi connectivity index (χ1n) is 7.49. The molecule has 1 fully saturated rings. The van der Waals surface area contributed by atoms with Crippen molar-refractivity contribution in [2.45, 2.75) is 39.5 Å². The van der Waals surface area contributed by atoms with Gasteiger partial charge in [-0.1, -0.05) is 26.7 Å². The summed E-state index contributed by atoms with van der Waals surface area (Å²) in [7, 11) is 1.71. The molecule has 2 rings (SSSR count). The van der Waals surface area contributed by atoms with Crippen molar-refractivity contribution < 1.29 is 4.92 Å². The zero-order valence-corrected chi connectivity index (χ0v) is 12.9. The Labute approximate surface area is 124 Å². The normalized spacial score (nSPS) is 17.6. The molecule has 21 heavy (non-hydrogen) atoms. The Bertz CT molecular complexity index is 506. The molecule has 0 spiro atoms. The summed E-state index contributed by atoms with van der Waals surface area (Å²) in [5.41, 5.74) is 0.360. The minimum Gasteiger partial charge on any atom is -0.357 e. The van der Waals surface area contributed by atoms with E-state index < -0.39 is 4.92 Å². The Morgan fingerprint density at radius 1 is 1.38 bits per heavy atom. The lowest BCUT2D eigenvalue weighted by atomic mass is 9.74. The lowest BCUT2D eigenvalue weighted by Gasteiger charge is -2.41. The summed E-state index contributed by atoms with van der Waals surface area (Å²) in [6.45, 7) is 6.07. The van der Waals surface area contributed by atoms with Crippen LogP contribution in [0.1, 0.15) is 39.5 Å². The summed E-state index contributed by atoms with van der Waals surface area (Å²) in [5.74, 6) is 0.846. The van der Waals surface area contributed by atoms with Crippen molar-refractivity contribution in [1.29, 1.82) is 0 Å². The molecule has 0 saturated carbocycles. The van der Waals surface area contributed by atoms with Crippen molar-refractivity contribution in [2.24, 2.45) is 5.41 Å². The fourth-order valence-corrected chi connectivity index (χ4v) is 3.00. The molecule has 0 aromatic carbocycles. The van der Waals surface area contributed by atoms with Crippen molar-refractivity contribution in [3.8, 4) is 0 Å². The second kappa shape index (κ2) is 6.24. The van der Waals surface area contributed by atoms with Crippen LogP contribution in [-0.4, -0.2) is 35.0 Å². The highest BCUT2D eigenvalue weighted by molar-refractivity contribution is 5.59. The second-order valence-electron chi connectivity index (χ2n) is 5.60. The van der Waals surface area contributed by atoms with Gasteiger partial charge >= 0.3 is 5.69 Å². The predicted octanol–water partition coefficient (Wildman–Crippen LogP) is 2.83. The van der Waals surface area contributed by atoms with Crippen LogP contribution in [0.4, 0.5) is 17.5 Å². The van der Waals surface area contributed by atoms with Crippen LogP contribution < -0.4 is 10.2 Å². The Kier molecular flexibility index (Phi) is 4.59. The van der Waals surface area contributed by atoms with Crippen LogP contribution in [-0.2, 0) is 0 Å². The number of hydrogen-bond acceptors (Lipinski definition) is 6. The highest BCUT2D eigenvalue weighted by Crippen LogP contribution is 2.40. The standard InChI is InChI=1S/C14H23N5O2/c1-4-14(5-2)6-8-18(9-7-14)12-11(19(20)21)10-16-13(15-3)17-12/h10H,4-9H2,1-3H3,(H,15,16,17). The minimum absolute atomic E-state index is 0.0190. The van der Waals surface area contributed by atoms with Crippen LogP contribution in [0.25, 0.3) is 0 Å². The van der Waals surface area contributed by atoms with E-state index in [1.54, 1.807) is 7.05 Å². The van der Waals surface area contributed by atoms with Crippen LogP contribution in [0.15, 0.2) is 6.20 Å². The average molecular weight is 293 g/mol. The molecule has 1 aromatic rings. The first kappa shape index (κ1) is 15.5. The lowest BCUT2D eigenvalue weighted by Crippen LogP contribution is -2.40. The van der Waals surface area contributed by atoms with E-state index in [9.17, 15) is 10.1 Å². The van der Waals surface area contributed by atoms with Gasteiger partial charge in [-0.25, -0.2) is 4.98 Å². The molecule has 0 unspecified atom stereocenters. The first-order valence-corrected chi connectivity index (χ1v) is 7.49. The van der Waals surface area contributed by atoms with E-state index in [-0.39, 0.29) is 5.69 Å². The summed E-state index contributed by atoms with van der Waals surface area (Å²) in [5, 5.41) is 14.0. The van der Waals surface area contributed by atoms with Gasteiger partial charge < -0.3 is 10.2 Å². The molecule has 0 amide bonds. The molecular formula is C14H23N5O2. The topological polar surface area (TPSA) is 84.2 Å². The highest BCUT2D eigenvalue weighted by Gasteiger charge is 2.34. The molecular weight excluding hydrogens is 270 g/mol. The summed E-state index contributed by atoms with van der Waals surface area (Å²) < 4.78 is 0. The van der Waals surface area contributed by atoms with Gasteiger partial charge in [-0.15, -0.1) is 0 Å². The van der Waals surface area contributed by atoms with Crippen LogP contribution in [0.3, 0.4) is 0 Å². The molecule has 116 valence electrons. The monoisotopic (exact) mass is 293 g/mol. The van der Waals surface area contributed by atoms with Crippen molar-refractivity contribution >= 4 is 17.5 Å². The number of hydrogen-bond donors (Lipinski definition) is 1. The van der Waals surface area contributed by atoms with Gasteiger partial charge in [0.15, 0.2) is 0 Å². The molecule has 0 radical (unpaired) electrons. The molecule has 0 atom stereocenters.